The molecule has 5 N–H and O–H groups in total. The lowest BCUT2D eigenvalue weighted by molar-refractivity contribution is -0.123. The number of benzene rings is 3. The zero-order valence-corrected chi connectivity index (χ0v) is 25.8. The lowest BCUT2D eigenvalue weighted by Gasteiger charge is -2.28. The Morgan fingerprint density at radius 1 is 1.04 bits per heavy atom. The van der Waals surface area contributed by atoms with Gasteiger partial charge in [0.2, 0.25) is 17.7 Å². The first kappa shape index (κ1) is 26.6. The number of hydrogen-bond donors (Lipinski definition) is 4. The van der Waals surface area contributed by atoms with Crippen LogP contribution in [-0.4, -0.2) is 40.2 Å². The molecule has 234 valence electrons. The summed E-state index contributed by atoms with van der Waals surface area (Å²) in [5.74, 6) is 2.83. The van der Waals surface area contributed by atoms with Crippen molar-refractivity contribution < 1.29 is 23.1 Å². The highest BCUT2D eigenvalue weighted by molar-refractivity contribution is 6.09. The van der Waals surface area contributed by atoms with Gasteiger partial charge in [-0.25, -0.2) is 9.97 Å². The van der Waals surface area contributed by atoms with Gasteiger partial charge >= 0.3 is 0 Å². The van der Waals surface area contributed by atoms with Gasteiger partial charge in [0, 0.05) is 39.5 Å². The van der Waals surface area contributed by atoms with Crippen LogP contribution in [0, 0.1) is 5.92 Å². The summed E-state index contributed by atoms with van der Waals surface area (Å²) in [6.07, 6.45) is 3.40. The second kappa shape index (κ2) is 9.04. The second-order valence-electron chi connectivity index (χ2n) is 13.1. The molecule has 4 atom stereocenters. The lowest BCUT2D eigenvalue weighted by Crippen LogP contribution is -2.45. The molecule has 6 aromatic rings. The molecule has 0 aliphatic carbocycles. The summed E-state index contributed by atoms with van der Waals surface area (Å²) >= 11 is 0. The summed E-state index contributed by atoms with van der Waals surface area (Å²) in [6.45, 7) is 4.03. The monoisotopic (exact) mass is 626 g/mol. The Balaban J connectivity index is 1.38. The van der Waals surface area contributed by atoms with Crippen molar-refractivity contribution in [2.45, 2.75) is 44.0 Å². The van der Waals surface area contributed by atoms with Crippen molar-refractivity contribution in [2.24, 2.45) is 11.7 Å². The molecule has 1 spiro atoms. The zero-order chi connectivity index (χ0) is 31.8. The van der Waals surface area contributed by atoms with Crippen molar-refractivity contribution >= 4 is 22.5 Å². The Bertz CT molecular complexity index is 2320. The molecule has 47 heavy (non-hydrogen) atoms. The number of nitrogens with one attached hydrogen (secondary N) is 3. The van der Waals surface area contributed by atoms with Crippen LogP contribution in [0.15, 0.2) is 69.8 Å². The van der Waals surface area contributed by atoms with Crippen molar-refractivity contribution in [3.8, 4) is 45.5 Å². The molecule has 0 saturated heterocycles. The fourth-order valence-corrected chi connectivity index (χ4v) is 7.97. The van der Waals surface area contributed by atoms with E-state index >= 15 is 0 Å². The molecule has 10 bridgehead atoms. The number of carbonyl (C=O) groups excluding carboxylic acids is 1. The quantitative estimate of drug-likeness (QED) is 0.191. The molecule has 4 aliphatic heterocycles. The van der Waals surface area contributed by atoms with Crippen LogP contribution in [-0.2, 0) is 16.6 Å². The van der Waals surface area contributed by atoms with Gasteiger partial charge in [0.25, 0.3) is 0 Å². The average Bonchev–Trinajstić information content (AvgIpc) is 3.88. The molecule has 1 amide bonds. The zero-order valence-electron chi connectivity index (χ0n) is 25.8. The van der Waals surface area contributed by atoms with Crippen LogP contribution >= 0.6 is 0 Å². The number of aromatic amines is 1. The van der Waals surface area contributed by atoms with E-state index in [1.54, 1.807) is 13.3 Å². The van der Waals surface area contributed by atoms with E-state index in [4.69, 9.17) is 34.0 Å². The number of H-pyrrole nitrogens is 1. The molecule has 4 aliphatic rings. The number of amides is 1. The molecule has 11 nitrogen and oxygen atoms in total. The summed E-state index contributed by atoms with van der Waals surface area (Å²) < 4.78 is 26.1. The Labute approximate surface area is 268 Å². The SMILES string of the molecule is COc1ccc2c3c(c[nH]c13)-c1cnc(o1)-c1nc3oc1C14c5cc(ccc5OC1Nc1c-2cccc14)C[C@H](N)C(=O)N[C@H]3C(C)C. The second-order valence-corrected chi connectivity index (χ2v) is 13.1. The van der Waals surface area contributed by atoms with Gasteiger partial charge in [0.05, 0.1) is 24.9 Å². The number of rotatable bonds is 2. The summed E-state index contributed by atoms with van der Waals surface area (Å²) in [5, 5.41) is 7.84. The van der Waals surface area contributed by atoms with E-state index in [1.807, 2.05) is 38.2 Å². The summed E-state index contributed by atoms with van der Waals surface area (Å²) in [4.78, 5) is 26.7. The Morgan fingerprint density at radius 3 is 2.79 bits per heavy atom. The summed E-state index contributed by atoms with van der Waals surface area (Å²) in [7, 11) is 1.66. The highest BCUT2D eigenvalue weighted by atomic mass is 16.5. The number of para-hydroxylation sites is 1. The van der Waals surface area contributed by atoms with Crippen molar-refractivity contribution in [1.29, 1.82) is 0 Å². The number of anilines is 1. The van der Waals surface area contributed by atoms with Gasteiger partial charge in [-0.2, -0.15) is 0 Å². The van der Waals surface area contributed by atoms with Crippen molar-refractivity contribution in [3.05, 3.63) is 89.3 Å². The normalized spacial score (nSPS) is 23.0. The van der Waals surface area contributed by atoms with Crippen LogP contribution in [0.3, 0.4) is 0 Å². The first-order valence-electron chi connectivity index (χ1n) is 15.8. The molecular weight excluding hydrogens is 596 g/mol. The molecule has 0 saturated carbocycles. The van der Waals surface area contributed by atoms with Crippen LogP contribution in [0.5, 0.6) is 11.5 Å². The van der Waals surface area contributed by atoms with E-state index in [9.17, 15) is 4.79 Å². The molecule has 2 unspecified atom stereocenters. The third-order valence-corrected chi connectivity index (χ3v) is 10.2. The summed E-state index contributed by atoms with van der Waals surface area (Å²) in [5.41, 5.74) is 13.3. The van der Waals surface area contributed by atoms with E-state index in [1.165, 1.54) is 0 Å². The van der Waals surface area contributed by atoms with Crippen LogP contribution in [0.4, 0.5) is 5.69 Å². The smallest absolute Gasteiger partial charge is 0.249 e. The Kier molecular flexibility index (Phi) is 5.13. The van der Waals surface area contributed by atoms with Gasteiger partial charge in [0.15, 0.2) is 23.4 Å². The predicted octanol–water partition coefficient (Wildman–Crippen LogP) is 5.64. The molecule has 11 heteroatoms. The van der Waals surface area contributed by atoms with Crippen LogP contribution in [0.2, 0.25) is 0 Å². The molecule has 0 fully saturated rings. The van der Waals surface area contributed by atoms with Gasteiger partial charge in [-0.05, 0) is 41.7 Å². The maximum absolute atomic E-state index is 13.4. The number of hydrogen-bond acceptors (Lipinski definition) is 9. The molecule has 0 radical (unpaired) electrons. The molecular formula is C36H30N6O5. The minimum Gasteiger partial charge on any atom is -0.495 e. The van der Waals surface area contributed by atoms with E-state index in [0.29, 0.717) is 41.2 Å². The fourth-order valence-electron chi connectivity index (χ4n) is 7.97. The molecule has 10 rings (SSSR count). The Hall–Kier alpha value is -5.55. The van der Waals surface area contributed by atoms with Gasteiger partial charge in [-0.15, -0.1) is 0 Å². The number of oxazole rings is 2. The van der Waals surface area contributed by atoms with Crippen LogP contribution in [0.1, 0.15) is 48.2 Å². The summed E-state index contributed by atoms with van der Waals surface area (Å²) in [6, 6.07) is 15.0. The number of ether oxygens (including phenoxy) is 2. The van der Waals surface area contributed by atoms with E-state index in [0.717, 1.165) is 55.7 Å². The van der Waals surface area contributed by atoms with Crippen LogP contribution < -0.4 is 25.8 Å². The van der Waals surface area contributed by atoms with Crippen LogP contribution in [0.25, 0.3) is 44.9 Å². The number of carbonyl (C=O) groups is 1. The van der Waals surface area contributed by atoms with Crippen molar-refractivity contribution in [2.75, 3.05) is 12.4 Å². The first-order chi connectivity index (χ1) is 22.9. The number of aromatic nitrogens is 3. The minimum atomic E-state index is -0.980. The van der Waals surface area contributed by atoms with Crippen molar-refractivity contribution in [1.82, 2.24) is 20.3 Å². The standard InChI is InChI=1S/C36H30N6O5/c1-15(2)27-34-41-30-31(47-34)36-20-6-4-5-18(17-8-10-24(44-3)29-26(17)19(13-38-29)25-14-39-33(30)45-25)28(20)42-35(36)46-23-9-7-16(11-21(23)36)12-22(37)32(43)40-27/h4-11,13-15,22,27,35,38,42H,12,37H2,1-3H3,(H,40,43)/t22-,27-,35?,36?/m0/s1. The lowest BCUT2D eigenvalue weighted by atomic mass is 9.72. The molecule has 7 heterocycles. The average molecular weight is 627 g/mol. The van der Waals surface area contributed by atoms with Gasteiger partial charge < -0.3 is 39.7 Å². The highest BCUT2D eigenvalue weighted by Gasteiger charge is 2.61. The van der Waals surface area contributed by atoms with Gasteiger partial charge in [-0.3, -0.25) is 4.79 Å². The maximum Gasteiger partial charge on any atom is 0.249 e. The third kappa shape index (κ3) is 3.31. The number of methoxy groups -OCH3 is 1. The minimum absolute atomic E-state index is 0.0598. The topological polar surface area (TPSA) is 153 Å². The fraction of sp³-hybridized carbons (Fsp3) is 0.250. The van der Waals surface area contributed by atoms with Gasteiger partial charge in [0.1, 0.15) is 23.0 Å². The van der Waals surface area contributed by atoms with E-state index < -0.39 is 23.7 Å². The molecule has 3 aromatic heterocycles. The van der Waals surface area contributed by atoms with E-state index in [-0.39, 0.29) is 11.8 Å². The Morgan fingerprint density at radius 2 is 1.94 bits per heavy atom. The highest BCUT2D eigenvalue weighted by Crippen LogP contribution is 2.61. The predicted molar refractivity (Wildman–Crippen MR) is 173 cm³/mol. The third-order valence-electron chi connectivity index (χ3n) is 10.2. The van der Waals surface area contributed by atoms with Gasteiger partial charge in [-0.1, -0.05) is 44.2 Å². The largest absolute Gasteiger partial charge is 0.495 e. The molecule has 3 aromatic carbocycles. The van der Waals surface area contributed by atoms with Crippen molar-refractivity contribution in [3.63, 3.8) is 0 Å². The number of nitrogens with two attached hydrogens (primary N) is 1. The number of fused-ring (bicyclic) bond motifs is 7. The first-order valence-corrected chi connectivity index (χ1v) is 15.8. The maximum atomic E-state index is 13.4. The number of nitrogens with zero attached hydrogens (tertiary/aromatic N) is 2. The van der Waals surface area contributed by atoms with E-state index in [2.05, 4.69) is 45.9 Å².